The number of carbonyl (C=O) groups is 1. The van der Waals surface area contributed by atoms with Crippen LogP contribution in [-0.4, -0.2) is 49.5 Å². The summed E-state index contributed by atoms with van der Waals surface area (Å²) in [6, 6.07) is 9.45. The number of benzene rings is 2. The first-order chi connectivity index (χ1) is 16.3. The smallest absolute Gasteiger partial charge is 0.251 e. The minimum absolute atomic E-state index is 0.0195. The van der Waals surface area contributed by atoms with Gasteiger partial charge in [-0.15, -0.1) is 0 Å². The molecule has 34 heavy (non-hydrogen) atoms. The minimum Gasteiger partial charge on any atom is -0.380 e. The highest BCUT2D eigenvalue weighted by atomic mass is 32.2. The molecule has 1 aliphatic heterocycles. The zero-order valence-corrected chi connectivity index (χ0v) is 20.2. The predicted octanol–water partition coefficient (Wildman–Crippen LogP) is 3.55. The van der Waals surface area contributed by atoms with E-state index in [1.165, 1.54) is 33.8 Å². The quantitative estimate of drug-likeness (QED) is 0.457. The molecule has 0 radical (unpaired) electrons. The number of aromatic nitrogens is 1. The van der Waals surface area contributed by atoms with Crippen molar-refractivity contribution < 1.29 is 26.7 Å². The summed E-state index contributed by atoms with van der Waals surface area (Å²) in [7, 11) is -3.76. The fraction of sp³-hybridized carbons (Fsp3) is 0.391. The lowest BCUT2D eigenvalue weighted by atomic mass is 9.98. The molecule has 1 amide bonds. The SMILES string of the molecule is CCOCCn1c(=NC(=O)C2CCN(S(=O)(=O)c3ccc(F)cc3)CC2)sc2cccc(F)c21. The molecule has 1 aliphatic rings. The van der Waals surface area contributed by atoms with Gasteiger partial charge in [-0.05, 0) is 56.2 Å². The molecule has 0 bridgehead atoms. The number of hydrogen-bond donors (Lipinski definition) is 0. The van der Waals surface area contributed by atoms with E-state index in [-0.39, 0.29) is 23.9 Å². The molecular formula is C23H25F2N3O4S2. The highest BCUT2D eigenvalue weighted by Crippen LogP contribution is 2.25. The van der Waals surface area contributed by atoms with Crippen LogP contribution in [-0.2, 0) is 26.1 Å². The molecule has 2 aromatic carbocycles. The van der Waals surface area contributed by atoms with Crippen molar-refractivity contribution in [2.45, 2.75) is 31.2 Å². The van der Waals surface area contributed by atoms with Crippen LogP contribution >= 0.6 is 11.3 Å². The molecule has 0 N–H and O–H groups in total. The fourth-order valence-electron chi connectivity index (χ4n) is 3.96. The third kappa shape index (κ3) is 5.12. The number of halogens is 2. The normalized spacial score (nSPS) is 16.4. The maximum Gasteiger partial charge on any atom is 0.251 e. The minimum atomic E-state index is -3.76. The number of hydrogen-bond acceptors (Lipinski definition) is 5. The Morgan fingerprint density at radius 1 is 1.15 bits per heavy atom. The van der Waals surface area contributed by atoms with Gasteiger partial charge in [0.05, 0.1) is 21.7 Å². The largest absolute Gasteiger partial charge is 0.380 e. The van der Waals surface area contributed by atoms with Crippen LogP contribution in [0.5, 0.6) is 0 Å². The number of para-hydroxylation sites is 1. The first-order valence-electron chi connectivity index (χ1n) is 11.0. The van der Waals surface area contributed by atoms with Gasteiger partial charge in [0.25, 0.3) is 5.91 Å². The van der Waals surface area contributed by atoms with E-state index in [9.17, 15) is 22.0 Å². The van der Waals surface area contributed by atoms with Crippen molar-refractivity contribution >= 4 is 37.5 Å². The number of rotatable bonds is 7. The lowest BCUT2D eigenvalue weighted by Crippen LogP contribution is -2.40. The first kappa shape index (κ1) is 24.6. The second-order valence-electron chi connectivity index (χ2n) is 7.90. The third-order valence-corrected chi connectivity index (χ3v) is 8.73. The Morgan fingerprint density at radius 2 is 1.85 bits per heavy atom. The molecule has 3 aromatic rings. The maximum absolute atomic E-state index is 14.5. The number of thiazole rings is 1. The molecule has 4 rings (SSSR count). The Kier molecular flexibility index (Phi) is 7.56. The summed E-state index contributed by atoms with van der Waals surface area (Å²) < 4.78 is 62.4. The van der Waals surface area contributed by atoms with Gasteiger partial charge >= 0.3 is 0 Å². The molecule has 1 fully saturated rings. The summed E-state index contributed by atoms with van der Waals surface area (Å²) in [5.41, 5.74) is 0.388. The molecule has 182 valence electrons. The average Bonchev–Trinajstić information content (AvgIpc) is 3.18. The second-order valence-corrected chi connectivity index (χ2v) is 10.8. The molecule has 1 aromatic heterocycles. The van der Waals surface area contributed by atoms with Gasteiger partial charge in [0.15, 0.2) is 4.80 Å². The number of carbonyl (C=O) groups excluding carboxylic acids is 1. The van der Waals surface area contributed by atoms with E-state index in [1.54, 1.807) is 16.7 Å². The van der Waals surface area contributed by atoms with Crippen LogP contribution in [0.3, 0.4) is 0 Å². The summed E-state index contributed by atoms with van der Waals surface area (Å²) in [6.07, 6.45) is 0.641. The number of amides is 1. The predicted molar refractivity (Wildman–Crippen MR) is 125 cm³/mol. The van der Waals surface area contributed by atoms with Crippen LogP contribution in [0.15, 0.2) is 52.4 Å². The van der Waals surface area contributed by atoms with Crippen molar-refractivity contribution in [2.75, 3.05) is 26.3 Å². The van der Waals surface area contributed by atoms with Crippen molar-refractivity contribution in [3.8, 4) is 0 Å². The molecule has 0 unspecified atom stereocenters. The highest BCUT2D eigenvalue weighted by molar-refractivity contribution is 7.89. The van der Waals surface area contributed by atoms with Crippen molar-refractivity contribution in [2.24, 2.45) is 10.9 Å². The highest BCUT2D eigenvalue weighted by Gasteiger charge is 2.32. The summed E-state index contributed by atoms with van der Waals surface area (Å²) >= 11 is 1.23. The Morgan fingerprint density at radius 3 is 2.53 bits per heavy atom. The summed E-state index contributed by atoms with van der Waals surface area (Å²) in [5.74, 6) is -1.69. The molecule has 0 saturated carbocycles. The lowest BCUT2D eigenvalue weighted by molar-refractivity contribution is -0.122. The van der Waals surface area contributed by atoms with Gasteiger partial charge in [0, 0.05) is 32.2 Å². The van der Waals surface area contributed by atoms with Crippen molar-refractivity contribution in [1.29, 1.82) is 0 Å². The molecule has 7 nitrogen and oxygen atoms in total. The standard InChI is InChI=1S/C23H25F2N3O4S2/c1-2-32-15-14-28-21-19(25)4-3-5-20(21)33-23(28)26-22(29)16-10-12-27(13-11-16)34(30,31)18-8-6-17(24)7-9-18/h3-9,16H,2,10-15H2,1H3. The maximum atomic E-state index is 14.5. The van der Waals surface area contributed by atoms with E-state index >= 15 is 0 Å². The van der Waals surface area contributed by atoms with E-state index in [0.717, 1.165) is 12.1 Å². The molecule has 0 spiro atoms. The van der Waals surface area contributed by atoms with Crippen LogP contribution in [0.4, 0.5) is 8.78 Å². The zero-order chi connectivity index (χ0) is 24.3. The van der Waals surface area contributed by atoms with Crippen molar-refractivity contribution in [3.05, 3.63) is 58.9 Å². The lowest BCUT2D eigenvalue weighted by Gasteiger charge is -2.29. The Bertz CT molecular complexity index is 1340. The van der Waals surface area contributed by atoms with E-state index < -0.39 is 27.6 Å². The fourth-order valence-corrected chi connectivity index (χ4v) is 6.51. The van der Waals surface area contributed by atoms with Crippen LogP contribution in [0, 0.1) is 17.6 Å². The molecule has 11 heteroatoms. The molecular weight excluding hydrogens is 484 g/mol. The third-order valence-electron chi connectivity index (χ3n) is 5.78. The van der Waals surface area contributed by atoms with Gasteiger partial charge in [-0.2, -0.15) is 9.30 Å². The van der Waals surface area contributed by atoms with Crippen LogP contribution in [0.1, 0.15) is 19.8 Å². The van der Waals surface area contributed by atoms with Gasteiger partial charge in [0.1, 0.15) is 11.6 Å². The molecule has 0 atom stereocenters. The Hall–Kier alpha value is -2.47. The number of piperidine rings is 1. The first-order valence-corrected chi connectivity index (χ1v) is 13.3. The van der Waals surface area contributed by atoms with E-state index in [0.29, 0.717) is 47.6 Å². The number of sulfonamides is 1. The zero-order valence-electron chi connectivity index (χ0n) is 18.6. The summed E-state index contributed by atoms with van der Waals surface area (Å²) in [4.78, 5) is 17.7. The summed E-state index contributed by atoms with van der Waals surface area (Å²) in [6.45, 7) is 3.44. The number of ether oxygens (including phenoxy) is 1. The number of fused-ring (bicyclic) bond motifs is 1. The molecule has 1 saturated heterocycles. The van der Waals surface area contributed by atoms with Gasteiger partial charge < -0.3 is 9.30 Å². The Labute approximate surface area is 200 Å². The second kappa shape index (κ2) is 10.4. The monoisotopic (exact) mass is 509 g/mol. The topological polar surface area (TPSA) is 81.0 Å². The van der Waals surface area contributed by atoms with Crippen LogP contribution in [0.2, 0.25) is 0 Å². The van der Waals surface area contributed by atoms with Gasteiger partial charge in [-0.1, -0.05) is 17.4 Å². The van der Waals surface area contributed by atoms with Crippen molar-refractivity contribution in [3.63, 3.8) is 0 Å². The van der Waals surface area contributed by atoms with Crippen molar-refractivity contribution in [1.82, 2.24) is 8.87 Å². The van der Waals surface area contributed by atoms with Gasteiger partial charge in [-0.25, -0.2) is 17.2 Å². The van der Waals surface area contributed by atoms with E-state index in [1.807, 2.05) is 6.92 Å². The van der Waals surface area contributed by atoms with Crippen LogP contribution in [0.25, 0.3) is 10.2 Å². The van der Waals surface area contributed by atoms with Gasteiger partial charge in [0.2, 0.25) is 10.0 Å². The number of nitrogens with zero attached hydrogens (tertiary/aromatic N) is 3. The average molecular weight is 510 g/mol. The van der Waals surface area contributed by atoms with Crippen LogP contribution < -0.4 is 4.80 Å². The molecule has 0 aliphatic carbocycles. The van der Waals surface area contributed by atoms with E-state index in [2.05, 4.69) is 4.99 Å². The Balaban J connectivity index is 1.52. The van der Waals surface area contributed by atoms with Gasteiger partial charge in [-0.3, -0.25) is 4.79 Å². The summed E-state index contributed by atoms with van der Waals surface area (Å²) in [5, 5.41) is 0. The molecule has 2 heterocycles. The van der Waals surface area contributed by atoms with E-state index in [4.69, 9.17) is 4.74 Å².